The van der Waals surface area contributed by atoms with E-state index < -0.39 is 0 Å². The molecule has 1 aromatic carbocycles. The van der Waals surface area contributed by atoms with Crippen LogP contribution in [0, 0.1) is 3.57 Å². The molecule has 0 aliphatic rings. The van der Waals surface area contributed by atoms with Crippen molar-refractivity contribution in [3.63, 3.8) is 0 Å². The Morgan fingerprint density at radius 3 is 3.00 bits per heavy atom. The normalized spacial score (nSPS) is 10.7. The van der Waals surface area contributed by atoms with E-state index in [4.69, 9.17) is 4.42 Å². The summed E-state index contributed by atoms with van der Waals surface area (Å²) < 4.78 is 6.78. The number of aryl methyl sites for hydroxylation is 1. The van der Waals surface area contributed by atoms with Crippen molar-refractivity contribution in [1.29, 1.82) is 0 Å². The Morgan fingerprint density at radius 2 is 2.24 bits per heavy atom. The van der Waals surface area contributed by atoms with Gasteiger partial charge in [0.1, 0.15) is 0 Å². The highest BCUT2D eigenvalue weighted by atomic mass is 127. The third-order valence-electron chi connectivity index (χ3n) is 2.36. The first-order valence-corrected chi connectivity index (χ1v) is 6.60. The number of hydrogen-bond donors (Lipinski definition) is 1. The summed E-state index contributed by atoms with van der Waals surface area (Å²) in [6.07, 6.45) is 1.82. The molecule has 0 saturated carbocycles. The molecule has 1 N–H and O–H groups in total. The lowest BCUT2D eigenvalue weighted by Gasteiger charge is -1.96. The van der Waals surface area contributed by atoms with Gasteiger partial charge in [0.2, 0.25) is 11.8 Å². The molecule has 0 unspecified atom stereocenters. The van der Waals surface area contributed by atoms with Crippen LogP contribution in [-0.4, -0.2) is 23.8 Å². The fraction of sp³-hybridized carbons (Fsp3) is 0.333. The van der Waals surface area contributed by atoms with E-state index in [-0.39, 0.29) is 0 Å². The predicted octanol–water partition coefficient (Wildman–Crippen LogP) is 2.49. The van der Waals surface area contributed by atoms with Gasteiger partial charge in [0, 0.05) is 15.6 Å². The van der Waals surface area contributed by atoms with Crippen molar-refractivity contribution in [3.05, 3.63) is 33.7 Å². The van der Waals surface area contributed by atoms with E-state index in [9.17, 15) is 0 Å². The van der Waals surface area contributed by atoms with E-state index in [1.807, 2.05) is 31.3 Å². The molecule has 0 fully saturated rings. The van der Waals surface area contributed by atoms with Gasteiger partial charge in [-0.15, -0.1) is 10.2 Å². The largest absolute Gasteiger partial charge is 0.421 e. The number of nitrogens with zero attached hydrogens (tertiary/aromatic N) is 2. The van der Waals surface area contributed by atoms with Gasteiger partial charge in [-0.25, -0.2) is 0 Å². The molecule has 4 nitrogen and oxygen atoms in total. The van der Waals surface area contributed by atoms with Crippen LogP contribution in [0.4, 0.5) is 0 Å². The van der Waals surface area contributed by atoms with E-state index in [0.717, 1.165) is 28.5 Å². The molecule has 0 amide bonds. The molecule has 17 heavy (non-hydrogen) atoms. The zero-order valence-corrected chi connectivity index (χ0v) is 11.8. The molecule has 2 rings (SSSR count). The number of hydrogen-bond acceptors (Lipinski definition) is 4. The van der Waals surface area contributed by atoms with E-state index in [2.05, 4.69) is 38.1 Å². The highest BCUT2D eigenvalue weighted by Crippen LogP contribution is 2.20. The molecule has 0 saturated heterocycles. The lowest BCUT2D eigenvalue weighted by Crippen LogP contribution is -2.08. The van der Waals surface area contributed by atoms with Crippen LogP contribution in [0.1, 0.15) is 12.3 Å². The summed E-state index contributed by atoms with van der Waals surface area (Å²) in [5.74, 6) is 1.30. The SMILES string of the molecule is CNCCCc1nnc(-c2cccc(I)c2)o1. The number of nitrogens with one attached hydrogen (secondary N) is 1. The van der Waals surface area contributed by atoms with E-state index in [1.165, 1.54) is 0 Å². The highest BCUT2D eigenvalue weighted by molar-refractivity contribution is 14.1. The maximum Gasteiger partial charge on any atom is 0.247 e. The second-order valence-corrected chi connectivity index (χ2v) is 4.96. The lowest BCUT2D eigenvalue weighted by atomic mass is 10.2. The number of benzene rings is 1. The topological polar surface area (TPSA) is 51.0 Å². The highest BCUT2D eigenvalue weighted by Gasteiger charge is 2.08. The molecule has 0 atom stereocenters. The average Bonchev–Trinajstić information content (AvgIpc) is 2.78. The predicted molar refractivity (Wildman–Crippen MR) is 74.7 cm³/mol. The van der Waals surface area contributed by atoms with Crippen LogP contribution in [0.3, 0.4) is 0 Å². The Hall–Kier alpha value is -0.950. The van der Waals surface area contributed by atoms with Gasteiger partial charge in [-0.2, -0.15) is 0 Å². The summed E-state index contributed by atoms with van der Waals surface area (Å²) in [6, 6.07) is 8.04. The van der Waals surface area contributed by atoms with Crippen molar-refractivity contribution in [2.24, 2.45) is 0 Å². The molecule has 0 aliphatic heterocycles. The van der Waals surface area contributed by atoms with E-state index >= 15 is 0 Å². The molecule has 2 aromatic rings. The van der Waals surface area contributed by atoms with E-state index in [1.54, 1.807) is 0 Å². The average molecular weight is 343 g/mol. The monoisotopic (exact) mass is 343 g/mol. The zero-order valence-electron chi connectivity index (χ0n) is 9.61. The summed E-state index contributed by atoms with van der Waals surface area (Å²) in [4.78, 5) is 0. The molecule has 0 radical (unpaired) electrons. The maximum absolute atomic E-state index is 5.62. The van der Waals surface area contributed by atoms with Crippen molar-refractivity contribution < 1.29 is 4.42 Å². The van der Waals surface area contributed by atoms with Crippen molar-refractivity contribution in [1.82, 2.24) is 15.5 Å². The van der Waals surface area contributed by atoms with Gasteiger partial charge in [-0.1, -0.05) is 6.07 Å². The van der Waals surface area contributed by atoms with Gasteiger partial charge in [-0.3, -0.25) is 0 Å². The molecule has 0 spiro atoms. The van der Waals surface area contributed by atoms with Crippen molar-refractivity contribution in [3.8, 4) is 11.5 Å². The Labute approximate surface area is 114 Å². The molecule has 0 bridgehead atoms. The Bertz CT molecular complexity index is 484. The van der Waals surface area contributed by atoms with Gasteiger partial charge in [0.05, 0.1) is 0 Å². The number of halogens is 1. The second-order valence-electron chi connectivity index (χ2n) is 3.72. The minimum Gasteiger partial charge on any atom is -0.421 e. The van der Waals surface area contributed by atoms with Crippen molar-refractivity contribution in [2.75, 3.05) is 13.6 Å². The third-order valence-corrected chi connectivity index (χ3v) is 3.03. The summed E-state index contributed by atoms with van der Waals surface area (Å²) in [5.41, 5.74) is 0.976. The molecule has 5 heteroatoms. The molecule has 90 valence electrons. The van der Waals surface area contributed by atoms with Crippen LogP contribution in [-0.2, 0) is 6.42 Å². The van der Waals surface area contributed by atoms with Gasteiger partial charge in [0.15, 0.2) is 0 Å². The van der Waals surface area contributed by atoms with Gasteiger partial charge in [-0.05, 0) is 60.8 Å². The number of rotatable bonds is 5. The quantitative estimate of drug-likeness (QED) is 0.670. The first-order valence-electron chi connectivity index (χ1n) is 5.52. The minimum atomic E-state index is 0.600. The van der Waals surface area contributed by atoms with Crippen LogP contribution in [0.5, 0.6) is 0 Å². The van der Waals surface area contributed by atoms with Crippen LogP contribution in [0.25, 0.3) is 11.5 Å². The first kappa shape index (κ1) is 12.5. The minimum absolute atomic E-state index is 0.600. The van der Waals surface area contributed by atoms with Crippen LogP contribution in [0.2, 0.25) is 0 Å². The maximum atomic E-state index is 5.62. The van der Waals surface area contributed by atoms with Crippen molar-refractivity contribution in [2.45, 2.75) is 12.8 Å². The van der Waals surface area contributed by atoms with E-state index in [0.29, 0.717) is 11.8 Å². The summed E-state index contributed by atoms with van der Waals surface area (Å²) in [5, 5.41) is 11.2. The third kappa shape index (κ3) is 3.50. The summed E-state index contributed by atoms with van der Waals surface area (Å²) in [7, 11) is 1.94. The zero-order chi connectivity index (χ0) is 12.1. The van der Waals surface area contributed by atoms with Crippen LogP contribution in [0.15, 0.2) is 28.7 Å². The smallest absolute Gasteiger partial charge is 0.247 e. The molecule has 0 aliphatic carbocycles. The Morgan fingerprint density at radius 1 is 1.35 bits per heavy atom. The second kappa shape index (κ2) is 6.11. The standard InChI is InChI=1S/C12H14IN3O/c1-14-7-3-6-11-15-16-12(17-11)9-4-2-5-10(13)8-9/h2,4-5,8,14H,3,6-7H2,1H3. The van der Waals surface area contributed by atoms with Crippen LogP contribution < -0.4 is 5.32 Å². The fourth-order valence-electron chi connectivity index (χ4n) is 1.51. The van der Waals surface area contributed by atoms with Gasteiger partial charge < -0.3 is 9.73 Å². The van der Waals surface area contributed by atoms with Crippen molar-refractivity contribution >= 4 is 22.6 Å². The van der Waals surface area contributed by atoms with Gasteiger partial charge in [0.25, 0.3) is 0 Å². The lowest BCUT2D eigenvalue weighted by molar-refractivity contribution is 0.495. The summed E-state index contributed by atoms with van der Waals surface area (Å²) in [6.45, 7) is 0.959. The van der Waals surface area contributed by atoms with Gasteiger partial charge >= 0.3 is 0 Å². The first-order chi connectivity index (χ1) is 8.29. The summed E-state index contributed by atoms with van der Waals surface area (Å²) >= 11 is 2.27. The number of aromatic nitrogens is 2. The Balaban J connectivity index is 2.07. The molecular formula is C12H14IN3O. The fourth-order valence-corrected chi connectivity index (χ4v) is 2.05. The molecular weight excluding hydrogens is 329 g/mol. The Kier molecular flexibility index (Phi) is 4.49. The molecule has 1 aromatic heterocycles. The van der Waals surface area contributed by atoms with Crippen LogP contribution >= 0.6 is 22.6 Å². The molecule has 1 heterocycles.